The molecule has 0 radical (unpaired) electrons. The van der Waals surface area contributed by atoms with Gasteiger partial charge in [-0.25, -0.2) is 0 Å². The minimum Gasteiger partial charge on any atom is -0.545 e. The van der Waals surface area contributed by atoms with Crippen molar-refractivity contribution in [2.75, 3.05) is 47.5 Å². The lowest BCUT2D eigenvalue weighted by atomic mass is 10.0. The molecule has 9 nitrogen and oxygen atoms in total. The molecule has 0 rings (SSSR count). The minimum absolute atomic E-state index is 0.154. The van der Waals surface area contributed by atoms with E-state index in [-0.39, 0.29) is 32.2 Å². The third-order valence-electron chi connectivity index (χ3n) is 14.9. The van der Waals surface area contributed by atoms with E-state index in [4.69, 9.17) is 18.9 Å². The quantitative estimate of drug-likeness (QED) is 0.0256. The molecule has 73 heavy (non-hydrogen) atoms. The van der Waals surface area contributed by atoms with Gasteiger partial charge in [-0.05, 0) is 12.8 Å². The first kappa shape index (κ1) is 71.3. The molecule has 2 unspecified atom stereocenters. The highest BCUT2D eigenvalue weighted by Gasteiger charge is 2.22. The fourth-order valence-electron chi connectivity index (χ4n) is 9.89. The van der Waals surface area contributed by atoms with Crippen LogP contribution in [0.3, 0.4) is 0 Å². The molecule has 0 N–H and O–H groups in total. The van der Waals surface area contributed by atoms with Gasteiger partial charge in [-0.3, -0.25) is 9.59 Å². The molecule has 0 aromatic heterocycles. The van der Waals surface area contributed by atoms with Gasteiger partial charge in [-0.15, -0.1) is 0 Å². The summed E-state index contributed by atoms with van der Waals surface area (Å²) in [6.45, 7) is 4.83. The Morgan fingerprint density at radius 1 is 0.356 bits per heavy atom. The van der Waals surface area contributed by atoms with Gasteiger partial charge in [0.05, 0.1) is 40.3 Å². The number of carboxylic acids is 1. The number of hydrogen-bond acceptors (Lipinski definition) is 8. The zero-order valence-corrected chi connectivity index (χ0v) is 49.6. The van der Waals surface area contributed by atoms with Crippen LogP contribution in [0.15, 0.2) is 0 Å². The van der Waals surface area contributed by atoms with Crippen molar-refractivity contribution in [3.8, 4) is 0 Å². The Bertz CT molecular complexity index is 1160. The Hall–Kier alpha value is -1.71. The van der Waals surface area contributed by atoms with Gasteiger partial charge < -0.3 is 33.3 Å². The van der Waals surface area contributed by atoms with Crippen molar-refractivity contribution in [2.24, 2.45) is 0 Å². The van der Waals surface area contributed by atoms with E-state index < -0.39 is 24.3 Å². The van der Waals surface area contributed by atoms with E-state index in [1.165, 1.54) is 270 Å². The van der Waals surface area contributed by atoms with E-state index >= 15 is 0 Å². The number of esters is 2. The molecule has 0 bridgehead atoms. The molecule has 434 valence electrons. The maximum atomic E-state index is 12.9. The molecule has 0 saturated heterocycles. The van der Waals surface area contributed by atoms with Crippen molar-refractivity contribution in [2.45, 2.75) is 347 Å². The third kappa shape index (κ3) is 57.8. The van der Waals surface area contributed by atoms with Crippen LogP contribution in [0, 0.1) is 0 Å². The molecule has 0 fully saturated rings. The van der Waals surface area contributed by atoms with E-state index in [9.17, 15) is 19.5 Å². The van der Waals surface area contributed by atoms with Crippen LogP contribution in [-0.4, -0.2) is 82.3 Å². The molecular weight excluding hydrogens is 911 g/mol. The SMILES string of the molecule is CCCCCCCCCCCCCCCCCCCCCCCCCCC(=O)OCC(COC(OCC[N+](C)(C)C)C(=O)[O-])OC(=O)CCCCCCCCCCCCCCCCCCCCCCCCCC. The van der Waals surface area contributed by atoms with Crippen LogP contribution in [0.1, 0.15) is 335 Å². The van der Waals surface area contributed by atoms with Crippen LogP contribution in [0.25, 0.3) is 0 Å². The van der Waals surface area contributed by atoms with Gasteiger partial charge in [-0.1, -0.05) is 309 Å². The highest BCUT2D eigenvalue weighted by atomic mass is 16.7. The first-order valence-electron chi connectivity index (χ1n) is 32.2. The largest absolute Gasteiger partial charge is 0.545 e. The second kappa shape index (κ2) is 56.5. The van der Waals surface area contributed by atoms with E-state index in [1.807, 2.05) is 21.1 Å². The molecule has 2 atom stereocenters. The van der Waals surface area contributed by atoms with Gasteiger partial charge in [0.1, 0.15) is 13.2 Å². The van der Waals surface area contributed by atoms with Crippen molar-refractivity contribution < 1.29 is 42.9 Å². The summed E-state index contributed by atoms with van der Waals surface area (Å²) < 4.78 is 22.8. The smallest absolute Gasteiger partial charge is 0.306 e. The zero-order valence-electron chi connectivity index (χ0n) is 49.6. The maximum Gasteiger partial charge on any atom is 0.306 e. The fraction of sp³-hybridized carbons (Fsp3) is 0.953. The summed E-state index contributed by atoms with van der Waals surface area (Å²) in [4.78, 5) is 37.4. The number of quaternary nitrogens is 1. The number of carbonyl (C=O) groups is 3. The average molecular weight is 1040 g/mol. The van der Waals surface area contributed by atoms with Gasteiger partial charge in [0.15, 0.2) is 12.4 Å². The van der Waals surface area contributed by atoms with Crippen LogP contribution in [0.5, 0.6) is 0 Å². The molecule has 0 aliphatic heterocycles. The Labute approximate surface area is 453 Å². The monoisotopic (exact) mass is 1040 g/mol. The summed E-state index contributed by atoms with van der Waals surface area (Å²) in [6.07, 6.45) is 61.7. The second-order valence-electron chi connectivity index (χ2n) is 23.4. The summed E-state index contributed by atoms with van der Waals surface area (Å²) in [5.74, 6) is -2.25. The number of unbranched alkanes of at least 4 members (excludes halogenated alkanes) is 46. The number of hydrogen-bond donors (Lipinski definition) is 0. The molecule has 0 amide bonds. The van der Waals surface area contributed by atoms with E-state index in [1.54, 1.807) is 0 Å². The minimum atomic E-state index is -1.61. The van der Waals surface area contributed by atoms with Crippen molar-refractivity contribution in [1.29, 1.82) is 0 Å². The van der Waals surface area contributed by atoms with Crippen molar-refractivity contribution in [3.05, 3.63) is 0 Å². The summed E-state index contributed by atoms with van der Waals surface area (Å²) in [5.41, 5.74) is 0. The number of carbonyl (C=O) groups excluding carboxylic acids is 3. The maximum absolute atomic E-state index is 12.9. The van der Waals surface area contributed by atoms with Crippen LogP contribution < -0.4 is 5.11 Å². The van der Waals surface area contributed by atoms with Gasteiger partial charge in [-0.2, -0.15) is 0 Å². The number of rotatable bonds is 61. The van der Waals surface area contributed by atoms with Crippen LogP contribution >= 0.6 is 0 Å². The second-order valence-corrected chi connectivity index (χ2v) is 23.4. The number of carboxylic acid groups (broad SMARTS) is 1. The summed E-state index contributed by atoms with van der Waals surface area (Å²) in [5, 5.41) is 11.8. The molecule has 0 aliphatic carbocycles. The van der Waals surface area contributed by atoms with Crippen molar-refractivity contribution >= 4 is 17.9 Å². The van der Waals surface area contributed by atoms with Crippen LogP contribution in [0.4, 0.5) is 0 Å². The van der Waals surface area contributed by atoms with E-state index in [0.717, 1.165) is 38.5 Å². The zero-order chi connectivity index (χ0) is 53.4. The highest BCUT2D eigenvalue weighted by molar-refractivity contribution is 5.70. The first-order chi connectivity index (χ1) is 35.6. The number of ether oxygens (including phenoxy) is 4. The summed E-state index contributed by atoms with van der Waals surface area (Å²) in [6, 6.07) is 0. The molecular formula is C64H125NO8. The van der Waals surface area contributed by atoms with Crippen LogP contribution in [-0.2, 0) is 33.3 Å². The molecule has 0 aliphatic rings. The number of likely N-dealkylation sites (N-methyl/N-ethyl adjacent to an activating group) is 1. The van der Waals surface area contributed by atoms with E-state index in [0.29, 0.717) is 17.4 Å². The lowest BCUT2D eigenvalue weighted by Crippen LogP contribution is -2.44. The van der Waals surface area contributed by atoms with Gasteiger partial charge in [0.25, 0.3) is 0 Å². The predicted molar refractivity (Wildman–Crippen MR) is 307 cm³/mol. The van der Waals surface area contributed by atoms with E-state index in [2.05, 4.69) is 13.8 Å². The highest BCUT2D eigenvalue weighted by Crippen LogP contribution is 2.19. The Morgan fingerprint density at radius 3 is 0.877 bits per heavy atom. The standard InChI is InChI=1S/C64H125NO8/c1-6-8-10-12-14-16-18-20-22-24-26-28-30-32-34-36-38-40-42-44-46-48-50-52-54-61(66)71-58-60(59-72-64(63(68)69)70-57-56-65(3,4)5)73-62(67)55-53-51-49-47-45-43-41-39-37-35-33-31-29-27-25-23-21-19-17-15-13-11-9-7-2/h60,64H,6-59H2,1-5H3. The van der Waals surface area contributed by atoms with Gasteiger partial charge >= 0.3 is 11.9 Å². The third-order valence-corrected chi connectivity index (χ3v) is 14.9. The topological polar surface area (TPSA) is 111 Å². The first-order valence-corrected chi connectivity index (χ1v) is 32.2. The van der Waals surface area contributed by atoms with Gasteiger partial charge in [0, 0.05) is 12.8 Å². The average Bonchev–Trinajstić information content (AvgIpc) is 3.36. The Morgan fingerprint density at radius 2 is 0.616 bits per heavy atom. The molecule has 0 spiro atoms. The van der Waals surface area contributed by atoms with Crippen molar-refractivity contribution in [1.82, 2.24) is 0 Å². The fourth-order valence-corrected chi connectivity index (χ4v) is 9.89. The van der Waals surface area contributed by atoms with Crippen molar-refractivity contribution in [3.63, 3.8) is 0 Å². The predicted octanol–water partition coefficient (Wildman–Crippen LogP) is 17.8. The molecule has 0 saturated carbocycles. The Kier molecular flexibility index (Phi) is 55.2. The summed E-state index contributed by atoms with van der Waals surface area (Å²) >= 11 is 0. The molecule has 0 heterocycles. The summed E-state index contributed by atoms with van der Waals surface area (Å²) in [7, 11) is 5.94. The van der Waals surface area contributed by atoms with Crippen LogP contribution in [0.2, 0.25) is 0 Å². The lowest BCUT2D eigenvalue weighted by Gasteiger charge is -2.26. The number of nitrogens with zero attached hydrogens (tertiary/aromatic N) is 1. The van der Waals surface area contributed by atoms with Gasteiger partial charge in [0.2, 0.25) is 0 Å². The molecule has 0 aromatic rings. The Balaban J connectivity index is 4.11. The lowest BCUT2D eigenvalue weighted by molar-refractivity contribution is -0.870. The molecule has 9 heteroatoms. The normalized spacial score (nSPS) is 12.6. The number of aliphatic carboxylic acids is 1. The molecule has 0 aromatic carbocycles.